The van der Waals surface area contributed by atoms with Gasteiger partial charge >= 0.3 is 0 Å². The number of aryl methyl sites for hydroxylation is 1. The summed E-state index contributed by atoms with van der Waals surface area (Å²) in [6.45, 7) is 2.13. The molecule has 1 unspecified atom stereocenters. The van der Waals surface area contributed by atoms with Crippen molar-refractivity contribution in [2.45, 2.75) is 49.0 Å². The Bertz CT molecular complexity index is 1690. The fourth-order valence-corrected chi connectivity index (χ4v) is 6.99. The van der Waals surface area contributed by atoms with Gasteiger partial charge in [-0.1, -0.05) is 66.2 Å². The molecule has 1 saturated carbocycles. The van der Waals surface area contributed by atoms with Crippen LogP contribution in [0.5, 0.6) is 11.5 Å². The molecule has 4 aromatic rings. The first-order valence-electron chi connectivity index (χ1n) is 13.3. The minimum atomic E-state index is -3.94. The van der Waals surface area contributed by atoms with Crippen LogP contribution in [0.4, 0.5) is 5.82 Å². The lowest BCUT2D eigenvalue weighted by molar-refractivity contribution is 0.174. The Hall–Kier alpha value is -4.04. The number of rotatable bonds is 6. The molecular formula is C31H29N3O4S. The highest BCUT2D eigenvalue weighted by atomic mass is 32.2. The number of allylic oxidation sites excluding steroid dienone is 1. The summed E-state index contributed by atoms with van der Waals surface area (Å²) >= 11 is 0. The van der Waals surface area contributed by atoms with Gasteiger partial charge in [-0.3, -0.25) is 0 Å². The fourth-order valence-electron chi connectivity index (χ4n) is 5.67. The monoisotopic (exact) mass is 539 g/mol. The number of ether oxygens (including phenoxy) is 2. The predicted octanol–water partition coefficient (Wildman–Crippen LogP) is 5.68. The molecule has 1 N–H and O–H groups in total. The molecule has 2 aliphatic carbocycles. The summed E-state index contributed by atoms with van der Waals surface area (Å²) in [5.41, 5.74) is 3.89. The molecule has 8 heteroatoms. The number of aromatic nitrogens is 2. The Labute approximate surface area is 228 Å². The summed E-state index contributed by atoms with van der Waals surface area (Å²) < 4.78 is 40.6. The number of hydrogen-bond donors (Lipinski definition) is 1. The number of nitrogens with one attached hydrogen (secondary N) is 1. The number of nitrogens with zero attached hydrogens (tertiary/aromatic N) is 2. The molecule has 1 fully saturated rings. The van der Waals surface area contributed by atoms with Crippen molar-refractivity contribution in [1.29, 1.82) is 0 Å². The highest BCUT2D eigenvalue weighted by molar-refractivity contribution is 7.89. The van der Waals surface area contributed by atoms with E-state index < -0.39 is 15.4 Å². The molecule has 0 radical (unpaired) electrons. The van der Waals surface area contributed by atoms with Gasteiger partial charge in [0.1, 0.15) is 0 Å². The van der Waals surface area contributed by atoms with Crippen molar-refractivity contribution < 1.29 is 17.9 Å². The van der Waals surface area contributed by atoms with Crippen LogP contribution in [-0.2, 0) is 21.9 Å². The highest BCUT2D eigenvalue weighted by Crippen LogP contribution is 2.46. The van der Waals surface area contributed by atoms with Gasteiger partial charge in [-0.05, 0) is 61.6 Å². The number of anilines is 1. The van der Waals surface area contributed by atoms with E-state index >= 15 is 0 Å². The lowest BCUT2D eigenvalue weighted by Crippen LogP contribution is -2.32. The summed E-state index contributed by atoms with van der Waals surface area (Å²) in [5.74, 6) is 2.02. The van der Waals surface area contributed by atoms with Crippen molar-refractivity contribution in [3.63, 3.8) is 0 Å². The third-order valence-electron chi connectivity index (χ3n) is 8.14. The minimum Gasteiger partial charge on any atom is -0.454 e. The van der Waals surface area contributed by atoms with Crippen molar-refractivity contribution in [2.75, 3.05) is 12.1 Å². The summed E-state index contributed by atoms with van der Waals surface area (Å²) in [5, 5.41) is 8.23. The lowest BCUT2D eigenvalue weighted by Gasteiger charge is -2.35. The molecule has 0 amide bonds. The van der Waals surface area contributed by atoms with Crippen LogP contribution in [0.2, 0.25) is 0 Å². The molecule has 39 heavy (non-hydrogen) atoms. The van der Waals surface area contributed by atoms with E-state index in [1.54, 1.807) is 12.1 Å². The minimum absolute atomic E-state index is 0.189. The van der Waals surface area contributed by atoms with Crippen molar-refractivity contribution in [3.05, 3.63) is 107 Å². The first kappa shape index (κ1) is 24.0. The van der Waals surface area contributed by atoms with Gasteiger partial charge in [-0.25, -0.2) is 0 Å². The molecule has 3 aromatic carbocycles. The molecule has 1 aliphatic heterocycles. The van der Waals surface area contributed by atoms with Crippen molar-refractivity contribution in [2.24, 2.45) is 0 Å². The maximum atomic E-state index is 14.0. The zero-order chi connectivity index (χ0) is 26.6. The van der Waals surface area contributed by atoms with Crippen molar-refractivity contribution >= 4 is 21.9 Å². The maximum Gasteiger partial charge on any atom is 0.283 e. The number of fused-ring (bicyclic) bond motifs is 2. The van der Waals surface area contributed by atoms with Gasteiger partial charge in [-0.2, -0.15) is 12.5 Å². The van der Waals surface area contributed by atoms with E-state index in [9.17, 15) is 8.42 Å². The quantitative estimate of drug-likeness (QED) is 0.340. The van der Waals surface area contributed by atoms with E-state index in [0.29, 0.717) is 35.5 Å². The molecular weight excluding hydrogens is 510 g/mol. The van der Waals surface area contributed by atoms with Gasteiger partial charge in [0.15, 0.2) is 17.3 Å². The smallest absolute Gasteiger partial charge is 0.283 e. The second-order valence-corrected chi connectivity index (χ2v) is 12.3. The van der Waals surface area contributed by atoms with Gasteiger partial charge in [0.25, 0.3) is 10.0 Å². The molecule has 7 rings (SSSR count). The van der Waals surface area contributed by atoms with E-state index in [1.165, 1.54) is 10.5 Å². The summed E-state index contributed by atoms with van der Waals surface area (Å²) in [4.78, 5) is 0.219. The Kier molecular flexibility index (Phi) is 5.56. The van der Waals surface area contributed by atoms with Crippen LogP contribution in [0, 0.1) is 6.92 Å². The Morgan fingerprint density at radius 3 is 2.46 bits per heavy atom. The van der Waals surface area contributed by atoms with Crippen LogP contribution in [-0.4, -0.2) is 30.4 Å². The molecule has 1 aromatic heterocycles. The molecule has 7 nitrogen and oxygen atoms in total. The SMILES string of the molecule is Cc1ccc(S(=O)(=O)n2nc(NC3CCC3)c3c2CC(c2ccccc2)(c2ccc4c(c2)OCO4)C=C3)cc1. The van der Waals surface area contributed by atoms with Gasteiger partial charge in [0, 0.05) is 23.4 Å². The van der Waals surface area contributed by atoms with Gasteiger partial charge < -0.3 is 14.8 Å². The van der Waals surface area contributed by atoms with Crippen LogP contribution in [0.25, 0.3) is 6.08 Å². The molecule has 0 saturated heterocycles. The van der Waals surface area contributed by atoms with Crippen LogP contribution < -0.4 is 14.8 Å². The zero-order valence-corrected chi connectivity index (χ0v) is 22.4. The third-order valence-corrected chi connectivity index (χ3v) is 9.76. The summed E-state index contributed by atoms with van der Waals surface area (Å²) in [7, 11) is -3.94. The van der Waals surface area contributed by atoms with Crippen molar-refractivity contribution in [1.82, 2.24) is 9.19 Å². The fraction of sp³-hybridized carbons (Fsp3) is 0.258. The predicted molar refractivity (Wildman–Crippen MR) is 150 cm³/mol. The molecule has 3 aliphatic rings. The van der Waals surface area contributed by atoms with Gasteiger partial charge in [0.05, 0.1) is 10.6 Å². The number of benzene rings is 3. The van der Waals surface area contributed by atoms with E-state index in [1.807, 2.05) is 61.5 Å². The third kappa shape index (κ3) is 3.93. The van der Waals surface area contributed by atoms with E-state index in [4.69, 9.17) is 14.6 Å². The lowest BCUT2D eigenvalue weighted by atomic mass is 9.68. The first-order valence-corrected chi connectivity index (χ1v) is 14.7. The normalized spacial score (nSPS) is 19.9. The second kappa shape index (κ2) is 9.02. The molecule has 2 heterocycles. The average molecular weight is 540 g/mol. The van der Waals surface area contributed by atoms with Crippen LogP contribution in [0.15, 0.2) is 83.8 Å². The summed E-state index contributed by atoms with van der Waals surface area (Å²) in [6.07, 6.45) is 7.90. The van der Waals surface area contributed by atoms with E-state index in [2.05, 4.69) is 23.5 Å². The van der Waals surface area contributed by atoms with Crippen molar-refractivity contribution in [3.8, 4) is 11.5 Å². The van der Waals surface area contributed by atoms with Gasteiger partial charge in [0.2, 0.25) is 6.79 Å². The Morgan fingerprint density at radius 1 is 0.949 bits per heavy atom. The standard InChI is InChI=1S/C31H29N3O4S/c1-21-10-13-25(14-11-21)39(35,36)34-27-19-31(22-6-3-2-4-7-22,23-12-15-28-29(18-23)38-20-37-28)17-16-26(27)30(33-34)32-24-8-5-9-24/h2-4,6-7,10-18,24H,5,8-9,19-20H2,1H3,(H,32,33). The maximum absolute atomic E-state index is 14.0. The van der Waals surface area contributed by atoms with Crippen LogP contribution in [0.3, 0.4) is 0 Å². The number of hydrogen-bond acceptors (Lipinski definition) is 6. The zero-order valence-electron chi connectivity index (χ0n) is 21.6. The molecule has 0 bridgehead atoms. The summed E-state index contributed by atoms with van der Waals surface area (Å²) in [6, 6.07) is 23.4. The second-order valence-electron chi connectivity index (χ2n) is 10.6. The molecule has 198 valence electrons. The molecule has 0 spiro atoms. The topological polar surface area (TPSA) is 82.5 Å². The average Bonchev–Trinajstić information content (AvgIpc) is 3.55. The van der Waals surface area contributed by atoms with Crippen LogP contribution >= 0.6 is 0 Å². The van der Waals surface area contributed by atoms with Gasteiger partial charge in [-0.15, -0.1) is 5.10 Å². The Balaban J connectivity index is 1.42. The largest absolute Gasteiger partial charge is 0.454 e. The molecule has 1 atom stereocenters. The Morgan fingerprint density at radius 2 is 1.72 bits per heavy atom. The van der Waals surface area contributed by atoms with E-state index in [0.717, 1.165) is 35.1 Å². The highest BCUT2D eigenvalue weighted by Gasteiger charge is 2.41. The first-order chi connectivity index (χ1) is 18.9. The van der Waals surface area contributed by atoms with E-state index in [-0.39, 0.29) is 11.7 Å². The van der Waals surface area contributed by atoms with Crippen LogP contribution in [0.1, 0.15) is 47.2 Å².